The van der Waals surface area contributed by atoms with Crippen LogP contribution < -0.4 is 20.7 Å². The van der Waals surface area contributed by atoms with Gasteiger partial charge in [0, 0.05) is 28.7 Å². The first-order chi connectivity index (χ1) is 17.1. The molecule has 3 aromatic rings. The van der Waals surface area contributed by atoms with E-state index in [2.05, 4.69) is 29.8 Å². The molecule has 190 valence electrons. The lowest BCUT2D eigenvalue weighted by Crippen LogP contribution is -2.22. The molecule has 0 heterocycles. The summed E-state index contributed by atoms with van der Waals surface area (Å²) in [5.41, 5.74) is 0.445. The molecule has 3 rings (SSSR count). The van der Waals surface area contributed by atoms with E-state index in [1.165, 1.54) is 24.3 Å². The third-order valence-corrected chi connectivity index (χ3v) is 5.11. The molecule has 0 spiro atoms. The molecule has 6 nitrogen and oxygen atoms in total. The summed E-state index contributed by atoms with van der Waals surface area (Å²) in [4.78, 5) is 24.9. The first-order valence-corrected chi connectivity index (χ1v) is 11.5. The summed E-state index contributed by atoms with van der Waals surface area (Å²) < 4.78 is 44.4. The highest BCUT2D eigenvalue weighted by Crippen LogP contribution is 2.30. The van der Waals surface area contributed by atoms with Crippen LogP contribution in [0.4, 0.5) is 30.2 Å². The predicted molar refractivity (Wildman–Crippen MR) is 134 cm³/mol. The molecule has 9 heteroatoms. The van der Waals surface area contributed by atoms with Crippen LogP contribution in [0.5, 0.6) is 5.75 Å². The van der Waals surface area contributed by atoms with Gasteiger partial charge in [0.25, 0.3) is 5.91 Å². The molecule has 0 aliphatic carbocycles. The third-order valence-electron chi connectivity index (χ3n) is 5.11. The van der Waals surface area contributed by atoms with Crippen molar-refractivity contribution in [3.05, 3.63) is 83.9 Å². The zero-order valence-corrected chi connectivity index (χ0v) is 20.0. The molecule has 0 aliphatic heterocycles. The van der Waals surface area contributed by atoms with Crippen molar-refractivity contribution in [3.63, 3.8) is 0 Å². The number of hydrogen-bond acceptors (Lipinski definition) is 4. The molecule has 0 aliphatic rings. The molecular weight excluding hydrogens is 471 g/mol. The molecule has 0 fully saturated rings. The topological polar surface area (TPSA) is 79.5 Å². The lowest BCUT2D eigenvalue weighted by atomic mass is 10.1. The van der Waals surface area contributed by atoms with E-state index in [-0.39, 0.29) is 23.7 Å². The van der Waals surface area contributed by atoms with Gasteiger partial charge in [-0.3, -0.25) is 9.59 Å². The van der Waals surface area contributed by atoms with E-state index in [1.54, 1.807) is 12.1 Å². The Kier molecular flexibility index (Phi) is 8.94. The quantitative estimate of drug-likeness (QED) is 0.300. The summed E-state index contributed by atoms with van der Waals surface area (Å²) in [6, 6.07) is 17.8. The standard InChI is InChI=1S/C27H28F3N3O3/c1-18(2)12-13-36-24-11-5-8-21(16-24)31-17-25(34)32-22-9-3-6-19(14-22)26(35)33-23-10-4-7-20(15-23)27(28,29)30/h3-11,14-16,18,31H,12-13,17H2,1-2H3,(H,32,34)(H,33,35). The molecule has 0 radical (unpaired) electrons. The maximum atomic E-state index is 12.9. The van der Waals surface area contributed by atoms with E-state index < -0.39 is 17.6 Å². The Labute approximate surface area is 207 Å². The van der Waals surface area contributed by atoms with Crippen molar-refractivity contribution in [1.29, 1.82) is 0 Å². The van der Waals surface area contributed by atoms with Gasteiger partial charge in [-0.15, -0.1) is 0 Å². The van der Waals surface area contributed by atoms with Crippen molar-refractivity contribution < 1.29 is 27.5 Å². The van der Waals surface area contributed by atoms with Gasteiger partial charge in [-0.05, 0) is 60.9 Å². The van der Waals surface area contributed by atoms with Crippen LogP contribution in [0, 0.1) is 5.92 Å². The van der Waals surface area contributed by atoms with E-state index in [0.717, 1.165) is 24.2 Å². The third kappa shape index (κ3) is 8.33. The minimum Gasteiger partial charge on any atom is -0.494 e. The van der Waals surface area contributed by atoms with Gasteiger partial charge in [0.2, 0.25) is 5.91 Å². The first-order valence-electron chi connectivity index (χ1n) is 11.5. The fraction of sp³-hybridized carbons (Fsp3) is 0.259. The number of hydrogen-bond donors (Lipinski definition) is 3. The molecule has 0 atom stereocenters. The second kappa shape index (κ2) is 12.1. The minimum absolute atomic E-state index is 0.0175. The number of nitrogens with one attached hydrogen (secondary N) is 3. The average molecular weight is 500 g/mol. The summed E-state index contributed by atoms with van der Waals surface area (Å²) in [6.07, 6.45) is -3.57. The highest BCUT2D eigenvalue weighted by Gasteiger charge is 2.30. The Balaban J connectivity index is 1.55. The van der Waals surface area contributed by atoms with Crippen LogP contribution >= 0.6 is 0 Å². The number of carbonyl (C=O) groups is 2. The summed E-state index contributed by atoms with van der Waals surface area (Å²) >= 11 is 0. The predicted octanol–water partition coefficient (Wildman–Crippen LogP) is 6.43. The van der Waals surface area contributed by atoms with Gasteiger partial charge in [0.15, 0.2) is 0 Å². The SMILES string of the molecule is CC(C)CCOc1cccc(NCC(=O)Nc2cccc(C(=O)Nc3cccc(C(F)(F)F)c3)c2)c1. The van der Waals surface area contributed by atoms with Crippen LogP contribution in [-0.2, 0) is 11.0 Å². The van der Waals surface area contributed by atoms with Gasteiger partial charge in [-0.1, -0.05) is 32.0 Å². The Bertz CT molecular complexity index is 1200. The number of benzene rings is 3. The van der Waals surface area contributed by atoms with Crippen molar-refractivity contribution in [3.8, 4) is 5.75 Å². The first kappa shape index (κ1) is 26.6. The molecule has 36 heavy (non-hydrogen) atoms. The zero-order chi connectivity index (χ0) is 26.1. The molecule has 0 aromatic heterocycles. The summed E-state index contributed by atoms with van der Waals surface area (Å²) in [5.74, 6) is 0.315. The van der Waals surface area contributed by atoms with Crippen LogP contribution in [0.2, 0.25) is 0 Å². The summed E-state index contributed by atoms with van der Waals surface area (Å²) in [5, 5.41) is 8.18. The van der Waals surface area contributed by atoms with Crippen LogP contribution in [0.3, 0.4) is 0 Å². The van der Waals surface area contributed by atoms with E-state index >= 15 is 0 Å². The molecule has 3 N–H and O–H groups in total. The maximum Gasteiger partial charge on any atom is 0.416 e. The molecular formula is C27H28F3N3O3. The lowest BCUT2D eigenvalue weighted by molar-refractivity contribution is -0.137. The van der Waals surface area contributed by atoms with E-state index in [0.29, 0.717) is 24.0 Å². The summed E-state index contributed by atoms with van der Waals surface area (Å²) in [7, 11) is 0. The van der Waals surface area contributed by atoms with Crippen LogP contribution in [0.1, 0.15) is 36.2 Å². The number of rotatable bonds is 10. The molecule has 3 aromatic carbocycles. The van der Waals surface area contributed by atoms with E-state index in [4.69, 9.17) is 4.74 Å². The van der Waals surface area contributed by atoms with Crippen molar-refractivity contribution in [2.75, 3.05) is 29.1 Å². The van der Waals surface area contributed by atoms with Gasteiger partial charge in [-0.2, -0.15) is 13.2 Å². The minimum atomic E-state index is -4.51. The molecule has 0 saturated carbocycles. The molecule has 0 unspecified atom stereocenters. The number of halogens is 3. The fourth-order valence-electron chi connectivity index (χ4n) is 3.21. The number of amides is 2. The fourth-order valence-corrected chi connectivity index (χ4v) is 3.21. The van der Waals surface area contributed by atoms with Crippen molar-refractivity contribution >= 4 is 28.9 Å². The molecule has 0 bridgehead atoms. The van der Waals surface area contributed by atoms with E-state index in [1.807, 2.05) is 24.3 Å². The smallest absolute Gasteiger partial charge is 0.416 e. The van der Waals surface area contributed by atoms with Crippen LogP contribution in [0.15, 0.2) is 72.8 Å². The molecule has 0 saturated heterocycles. The Morgan fingerprint density at radius 3 is 2.25 bits per heavy atom. The highest BCUT2D eigenvalue weighted by atomic mass is 19.4. The lowest BCUT2D eigenvalue weighted by Gasteiger charge is -2.12. The Hall–Kier alpha value is -4.01. The Morgan fingerprint density at radius 1 is 0.861 bits per heavy atom. The summed E-state index contributed by atoms with van der Waals surface area (Å²) in [6.45, 7) is 4.84. The number of alkyl halides is 3. The van der Waals surface area contributed by atoms with Gasteiger partial charge in [-0.25, -0.2) is 0 Å². The van der Waals surface area contributed by atoms with Crippen molar-refractivity contribution in [2.45, 2.75) is 26.4 Å². The van der Waals surface area contributed by atoms with Crippen LogP contribution in [0.25, 0.3) is 0 Å². The van der Waals surface area contributed by atoms with E-state index in [9.17, 15) is 22.8 Å². The van der Waals surface area contributed by atoms with Gasteiger partial charge in [0.05, 0.1) is 18.7 Å². The second-order valence-corrected chi connectivity index (χ2v) is 8.57. The van der Waals surface area contributed by atoms with Crippen molar-refractivity contribution in [2.24, 2.45) is 5.92 Å². The van der Waals surface area contributed by atoms with Crippen LogP contribution in [-0.4, -0.2) is 25.0 Å². The number of carbonyl (C=O) groups excluding carboxylic acids is 2. The van der Waals surface area contributed by atoms with Crippen molar-refractivity contribution in [1.82, 2.24) is 0 Å². The normalized spacial score (nSPS) is 11.2. The Morgan fingerprint density at radius 2 is 1.53 bits per heavy atom. The number of anilines is 3. The van der Waals surface area contributed by atoms with Gasteiger partial charge in [0.1, 0.15) is 5.75 Å². The largest absolute Gasteiger partial charge is 0.494 e. The molecule has 2 amide bonds. The highest BCUT2D eigenvalue weighted by molar-refractivity contribution is 6.05. The average Bonchev–Trinajstić information content (AvgIpc) is 2.83. The monoisotopic (exact) mass is 499 g/mol. The maximum absolute atomic E-state index is 12.9. The number of ether oxygens (including phenoxy) is 1. The zero-order valence-electron chi connectivity index (χ0n) is 20.0. The van der Waals surface area contributed by atoms with Gasteiger partial charge >= 0.3 is 6.18 Å². The second-order valence-electron chi connectivity index (χ2n) is 8.57. The van der Waals surface area contributed by atoms with Gasteiger partial charge < -0.3 is 20.7 Å².